The minimum atomic E-state index is -0.130. The van der Waals surface area contributed by atoms with Crippen molar-refractivity contribution in [1.82, 2.24) is 10.2 Å². The number of unbranched alkanes of at least 4 members (excludes halogenated alkanes) is 1. The molecule has 116 valence electrons. The van der Waals surface area contributed by atoms with Crippen molar-refractivity contribution in [1.29, 1.82) is 0 Å². The number of aliphatic hydroxyl groups excluding tert-OH is 1. The first-order valence-corrected chi connectivity index (χ1v) is 7.48. The summed E-state index contributed by atoms with van der Waals surface area (Å²) in [5, 5.41) is 12.5. The fourth-order valence-electron chi connectivity index (χ4n) is 2.16. The van der Waals surface area contributed by atoms with Crippen molar-refractivity contribution in [3.05, 3.63) is 0 Å². The molecule has 1 atom stereocenters. The Bertz CT molecular complexity index is 206. The fourth-order valence-corrected chi connectivity index (χ4v) is 2.16. The van der Waals surface area contributed by atoms with Crippen molar-refractivity contribution < 1.29 is 9.84 Å². The van der Waals surface area contributed by atoms with Gasteiger partial charge in [-0.2, -0.15) is 0 Å². The molecule has 0 aromatic heterocycles. The van der Waals surface area contributed by atoms with E-state index in [1.54, 1.807) is 7.11 Å². The van der Waals surface area contributed by atoms with Crippen LogP contribution in [0, 0.1) is 5.92 Å². The first kappa shape index (κ1) is 18.8. The van der Waals surface area contributed by atoms with Crippen LogP contribution < -0.4 is 5.32 Å². The molecule has 0 aromatic carbocycles. The first-order valence-electron chi connectivity index (χ1n) is 7.48. The number of nitrogens with zero attached hydrogens (tertiary/aromatic N) is 1. The normalized spacial score (nSPS) is 15.2. The third-order valence-electron chi connectivity index (χ3n) is 3.64. The van der Waals surface area contributed by atoms with E-state index in [1.807, 2.05) is 7.05 Å². The summed E-state index contributed by atoms with van der Waals surface area (Å²) in [7, 11) is 3.67. The average molecular weight is 274 g/mol. The lowest BCUT2D eigenvalue weighted by molar-refractivity contribution is 0.135. The molecule has 4 heteroatoms. The van der Waals surface area contributed by atoms with Gasteiger partial charge in [-0.3, -0.25) is 0 Å². The zero-order valence-electron chi connectivity index (χ0n) is 13.5. The summed E-state index contributed by atoms with van der Waals surface area (Å²) >= 11 is 0. The van der Waals surface area contributed by atoms with E-state index in [1.165, 1.54) is 6.42 Å². The van der Waals surface area contributed by atoms with Crippen LogP contribution in [0.2, 0.25) is 0 Å². The quantitative estimate of drug-likeness (QED) is 0.532. The maximum Gasteiger partial charge on any atom is 0.0610 e. The van der Waals surface area contributed by atoms with Crippen LogP contribution in [0.1, 0.15) is 40.0 Å². The van der Waals surface area contributed by atoms with Crippen molar-refractivity contribution in [3.8, 4) is 0 Å². The highest BCUT2D eigenvalue weighted by Crippen LogP contribution is 2.13. The summed E-state index contributed by atoms with van der Waals surface area (Å²) in [6, 6.07) is 0. The third-order valence-corrected chi connectivity index (χ3v) is 3.64. The molecule has 0 heterocycles. The molecule has 0 aromatic rings. The largest absolute Gasteiger partial charge is 0.394 e. The van der Waals surface area contributed by atoms with Crippen LogP contribution in [0.5, 0.6) is 0 Å². The highest BCUT2D eigenvalue weighted by Gasteiger charge is 2.19. The zero-order chi connectivity index (χ0) is 14.7. The molecule has 4 nitrogen and oxygen atoms in total. The minimum Gasteiger partial charge on any atom is -0.394 e. The van der Waals surface area contributed by atoms with Crippen LogP contribution in [-0.4, -0.2) is 62.6 Å². The molecule has 0 radical (unpaired) electrons. The molecule has 0 fully saturated rings. The Hall–Kier alpha value is -0.160. The summed E-state index contributed by atoms with van der Waals surface area (Å²) in [6.07, 6.45) is 3.33. The second kappa shape index (κ2) is 10.6. The smallest absolute Gasteiger partial charge is 0.0610 e. The Morgan fingerprint density at radius 3 is 2.42 bits per heavy atom. The van der Waals surface area contributed by atoms with Crippen molar-refractivity contribution in [2.45, 2.75) is 45.6 Å². The molecule has 0 saturated heterocycles. The Labute approximate surface area is 119 Å². The van der Waals surface area contributed by atoms with E-state index >= 15 is 0 Å². The number of ether oxygens (including phenoxy) is 1. The lowest BCUT2D eigenvalue weighted by Crippen LogP contribution is -2.43. The highest BCUT2D eigenvalue weighted by atomic mass is 16.5. The number of methoxy groups -OCH3 is 1. The van der Waals surface area contributed by atoms with Crippen molar-refractivity contribution in [2.24, 2.45) is 5.92 Å². The molecule has 0 aliphatic rings. The van der Waals surface area contributed by atoms with E-state index < -0.39 is 0 Å². The van der Waals surface area contributed by atoms with Gasteiger partial charge in [0.2, 0.25) is 0 Å². The topological polar surface area (TPSA) is 44.7 Å². The van der Waals surface area contributed by atoms with Gasteiger partial charge in [0.1, 0.15) is 0 Å². The van der Waals surface area contributed by atoms with E-state index in [9.17, 15) is 5.11 Å². The van der Waals surface area contributed by atoms with Crippen molar-refractivity contribution >= 4 is 0 Å². The average Bonchev–Trinajstić information content (AvgIpc) is 2.39. The third kappa shape index (κ3) is 9.38. The van der Waals surface area contributed by atoms with Gasteiger partial charge in [0.25, 0.3) is 0 Å². The molecule has 0 aliphatic heterocycles. The predicted molar refractivity (Wildman–Crippen MR) is 81.6 cm³/mol. The Morgan fingerprint density at radius 1 is 1.26 bits per heavy atom. The van der Waals surface area contributed by atoms with Crippen LogP contribution in [0.3, 0.4) is 0 Å². The van der Waals surface area contributed by atoms with E-state index in [-0.39, 0.29) is 12.1 Å². The molecule has 0 rings (SSSR count). The molecule has 0 aliphatic carbocycles. The van der Waals surface area contributed by atoms with Crippen molar-refractivity contribution in [2.75, 3.05) is 47.0 Å². The van der Waals surface area contributed by atoms with Gasteiger partial charge in [-0.1, -0.05) is 20.3 Å². The van der Waals surface area contributed by atoms with Gasteiger partial charge in [-0.15, -0.1) is 0 Å². The van der Waals surface area contributed by atoms with Crippen LogP contribution in [0.15, 0.2) is 0 Å². The first-order chi connectivity index (χ1) is 8.97. The predicted octanol–water partition coefficient (Wildman–Crippen LogP) is 1.73. The molecule has 0 saturated carbocycles. The van der Waals surface area contributed by atoms with E-state index in [0.29, 0.717) is 5.92 Å². The van der Waals surface area contributed by atoms with Gasteiger partial charge in [0.15, 0.2) is 0 Å². The van der Waals surface area contributed by atoms with Gasteiger partial charge in [-0.05, 0) is 39.3 Å². The molecule has 1 unspecified atom stereocenters. The second-order valence-electron chi connectivity index (χ2n) is 6.11. The van der Waals surface area contributed by atoms with Gasteiger partial charge in [-0.25, -0.2) is 0 Å². The number of hydrogen-bond acceptors (Lipinski definition) is 4. The van der Waals surface area contributed by atoms with E-state index in [4.69, 9.17) is 4.74 Å². The molecule has 2 N–H and O–H groups in total. The SMILES string of the molecule is CNC(C)(CO)CCCCN(CCOC)CC(C)C. The fraction of sp³-hybridized carbons (Fsp3) is 1.00. The van der Waals surface area contributed by atoms with Gasteiger partial charge in [0, 0.05) is 25.7 Å². The summed E-state index contributed by atoms with van der Waals surface area (Å²) in [4.78, 5) is 2.48. The summed E-state index contributed by atoms with van der Waals surface area (Å²) in [6.45, 7) is 10.8. The number of rotatable bonds is 12. The molecular weight excluding hydrogens is 240 g/mol. The minimum absolute atomic E-state index is 0.130. The standard InChI is InChI=1S/C15H34N2O2/c1-14(2)12-17(10-11-19-5)9-7-6-8-15(3,13-18)16-4/h14,16,18H,6-13H2,1-5H3. The maximum absolute atomic E-state index is 9.34. The molecule has 0 amide bonds. The number of likely N-dealkylation sites (N-methyl/N-ethyl adjacent to an activating group) is 1. The Kier molecular flexibility index (Phi) is 10.5. The highest BCUT2D eigenvalue weighted by molar-refractivity contribution is 4.80. The number of aliphatic hydroxyl groups is 1. The lowest BCUT2D eigenvalue weighted by atomic mass is 9.96. The monoisotopic (exact) mass is 274 g/mol. The Morgan fingerprint density at radius 2 is 1.95 bits per heavy atom. The molecule has 0 spiro atoms. The summed E-state index contributed by atoms with van der Waals surface area (Å²) in [5.74, 6) is 0.692. The van der Waals surface area contributed by atoms with Gasteiger partial charge >= 0.3 is 0 Å². The number of hydrogen-bond donors (Lipinski definition) is 2. The summed E-state index contributed by atoms with van der Waals surface area (Å²) < 4.78 is 5.16. The van der Waals surface area contributed by atoms with E-state index in [2.05, 4.69) is 31.0 Å². The van der Waals surface area contributed by atoms with Crippen LogP contribution >= 0.6 is 0 Å². The van der Waals surface area contributed by atoms with Gasteiger partial charge in [0.05, 0.1) is 13.2 Å². The van der Waals surface area contributed by atoms with Crippen molar-refractivity contribution in [3.63, 3.8) is 0 Å². The lowest BCUT2D eigenvalue weighted by Gasteiger charge is -2.28. The molecular formula is C15H34N2O2. The Balaban J connectivity index is 3.91. The van der Waals surface area contributed by atoms with Crippen LogP contribution in [-0.2, 0) is 4.74 Å². The summed E-state index contributed by atoms with van der Waals surface area (Å²) in [5.41, 5.74) is -0.130. The van der Waals surface area contributed by atoms with E-state index in [0.717, 1.165) is 39.1 Å². The number of nitrogens with one attached hydrogen (secondary N) is 1. The second-order valence-corrected chi connectivity index (χ2v) is 6.11. The van der Waals surface area contributed by atoms with Gasteiger partial charge < -0.3 is 20.1 Å². The zero-order valence-corrected chi connectivity index (χ0v) is 13.5. The van der Waals surface area contributed by atoms with Crippen LogP contribution in [0.25, 0.3) is 0 Å². The maximum atomic E-state index is 9.34. The molecule has 19 heavy (non-hydrogen) atoms. The van der Waals surface area contributed by atoms with Crippen LogP contribution in [0.4, 0.5) is 0 Å². The molecule has 0 bridgehead atoms.